The van der Waals surface area contributed by atoms with Gasteiger partial charge >= 0.3 is 0 Å². The smallest absolute Gasteiger partial charge is 0.252 e. The van der Waals surface area contributed by atoms with Gasteiger partial charge in [-0.1, -0.05) is 243 Å². The average molecular weight is 1000 g/mol. The van der Waals surface area contributed by atoms with E-state index >= 15 is 0 Å². The minimum Gasteiger partial charge on any atom is -0.311 e. The molecule has 0 aliphatic carbocycles. The van der Waals surface area contributed by atoms with Gasteiger partial charge < -0.3 is 9.80 Å². The third-order valence-electron chi connectivity index (χ3n) is 16.4. The lowest BCUT2D eigenvalue weighted by Gasteiger charge is -2.45. The first-order valence-corrected chi connectivity index (χ1v) is 27.2. The van der Waals surface area contributed by atoms with Crippen LogP contribution in [0.25, 0.3) is 99.2 Å². The zero-order valence-electron chi connectivity index (χ0n) is 43.0. The van der Waals surface area contributed by atoms with Crippen LogP contribution in [0, 0.1) is 0 Å². The molecule has 16 rings (SSSR count). The molecule has 0 spiro atoms. The minimum absolute atomic E-state index is 0.146. The van der Waals surface area contributed by atoms with Crippen molar-refractivity contribution in [3.05, 3.63) is 285 Å². The number of benzene rings is 13. The van der Waals surface area contributed by atoms with E-state index in [0.29, 0.717) is 5.82 Å². The van der Waals surface area contributed by atoms with E-state index in [2.05, 4.69) is 295 Å². The van der Waals surface area contributed by atoms with Crippen molar-refractivity contribution in [3.63, 3.8) is 0 Å². The molecule has 0 amide bonds. The minimum atomic E-state index is -0.146. The Morgan fingerprint density at radius 1 is 0.266 bits per heavy atom. The molecule has 0 N–H and O–H groups in total. The summed E-state index contributed by atoms with van der Waals surface area (Å²) in [4.78, 5) is 16.2. The number of hydrogen-bond donors (Lipinski definition) is 0. The second kappa shape index (κ2) is 18.2. The molecular formula is C74H47BN4. The number of fused-ring (bicyclic) bond motifs is 12. The predicted molar refractivity (Wildman–Crippen MR) is 333 cm³/mol. The summed E-state index contributed by atoms with van der Waals surface area (Å²) in [6.07, 6.45) is 0. The van der Waals surface area contributed by atoms with E-state index in [1.807, 2.05) is 0 Å². The molecule has 0 atom stereocenters. The van der Waals surface area contributed by atoms with Gasteiger partial charge in [-0.2, -0.15) is 0 Å². The van der Waals surface area contributed by atoms with Crippen molar-refractivity contribution < 1.29 is 0 Å². The van der Waals surface area contributed by atoms with Crippen LogP contribution in [0.15, 0.2) is 285 Å². The Kier molecular flexibility index (Phi) is 10.3. The van der Waals surface area contributed by atoms with Crippen LogP contribution in [0.3, 0.4) is 0 Å². The van der Waals surface area contributed by atoms with Gasteiger partial charge in [-0.15, -0.1) is 0 Å². The lowest BCUT2D eigenvalue weighted by atomic mass is 9.33. The van der Waals surface area contributed by atoms with Crippen molar-refractivity contribution in [2.45, 2.75) is 0 Å². The van der Waals surface area contributed by atoms with Gasteiger partial charge in [-0.05, 0) is 113 Å². The predicted octanol–water partition coefficient (Wildman–Crippen LogP) is 17.5. The Morgan fingerprint density at radius 2 is 0.633 bits per heavy atom. The van der Waals surface area contributed by atoms with Crippen LogP contribution < -0.4 is 26.2 Å². The first-order valence-electron chi connectivity index (χ1n) is 27.2. The van der Waals surface area contributed by atoms with Gasteiger partial charge in [-0.3, -0.25) is 0 Å². The van der Waals surface area contributed by atoms with Crippen molar-refractivity contribution in [2.24, 2.45) is 0 Å². The molecule has 0 bridgehead atoms. The molecule has 0 unspecified atom stereocenters. The molecule has 0 saturated carbocycles. The molecule has 4 nitrogen and oxygen atoms in total. The van der Waals surface area contributed by atoms with E-state index in [1.54, 1.807) is 0 Å². The fourth-order valence-corrected chi connectivity index (χ4v) is 12.8. The largest absolute Gasteiger partial charge is 0.311 e. The number of nitrogens with zero attached hydrogens (tertiary/aromatic N) is 4. The summed E-state index contributed by atoms with van der Waals surface area (Å²) in [5.74, 6) is 0.652. The standard InChI is InChI=1S/C74H47BN4/c1-5-17-48(18-6-1)50-29-35-57(36-30-50)78-69-45-56(74-76-67(54-23-9-3-10-24-54)47-68(77-74)55-25-11-4-12-26-55)46-70-71(69)75(65-43-41-61-59-27-15-13-21-52(59)33-39-63(61)72(65)78)66-44-42-62-60-28-16-14-22-53(60)34-40-64(62)73(66)79(70)58-37-31-51(32-38-58)49-19-7-2-8-20-49/h1-47H. The van der Waals surface area contributed by atoms with Crippen LogP contribution >= 0.6 is 0 Å². The molecule has 13 aromatic carbocycles. The Labute approximate surface area is 458 Å². The summed E-state index contributed by atoms with van der Waals surface area (Å²) in [5, 5.41) is 9.72. The Hall–Kier alpha value is -10.4. The Balaban J connectivity index is 1.04. The third kappa shape index (κ3) is 7.31. The van der Waals surface area contributed by atoms with Crippen LogP contribution in [0.4, 0.5) is 34.1 Å². The van der Waals surface area contributed by atoms with Gasteiger partial charge in [0.25, 0.3) is 6.71 Å². The molecule has 366 valence electrons. The quantitative estimate of drug-likeness (QED) is 0.118. The maximum atomic E-state index is 5.56. The molecule has 5 heteroatoms. The van der Waals surface area contributed by atoms with Crippen LogP contribution in [0.5, 0.6) is 0 Å². The molecule has 3 heterocycles. The monoisotopic (exact) mass is 1000 g/mol. The summed E-state index contributed by atoms with van der Waals surface area (Å²) >= 11 is 0. The zero-order valence-corrected chi connectivity index (χ0v) is 43.0. The van der Waals surface area contributed by atoms with E-state index in [0.717, 1.165) is 62.0 Å². The van der Waals surface area contributed by atoms with Crippen molar-refractivity contribution in [1.82, 2.24) is 9.97 Å². The van der Waals surface area contributed by atoms with E-state index in [4.69, 9.17) is 9.97 Å². The lowest BCUT2D eigenvalue weighted by Crippen LogP contribution is -2.61. The lowest BCUT2D eigenvalue weighted by molar-refractivity contribution is 1.18. The summed E-state index contributed by atoms with van der Waals surface area (Å²) < 4.78 is 0. The van der Waals surface area contributed by atoms with Crippen LogP contribution in [0.1, 0.15) is 0 Å². The molecule has 14 aromatic rings. The topological polar surface area (TPSA) is 32.3 Å². The number of hydrogen-bond acceptors (Lipinski definition) is 4. The molecule has 0 saturated heterocycles. The maximum Gasteiger partial charge on any atom is 0.252 e. The molecule has 2 aliphatic rings. The van der Waals surface area contributed by atoms with Crippen molar-refractivity contribution in [2.75, 3.05) is 9.80 Å². The summed E-state index contributed by atoms with van der Waals surface area (Å²) in [5.41, 5.74) is 19.8. The maximum absolute atomic E-state index is 5.56. The van der Waals surface area contributed by atoms with E-state index in [-0.39, 0.29) is 6.71 Å². The second-order valence-electron chi connectivity index (χ2n) is 20.8. The zero-order chi connectivity index (χ0) is 52.0. The first-order chi connectivity index (χ1) is 39.2. The highest BCUT2D eigenvalue weighted by molar-refractivity contribution is 7.01. The van der Waals surface area contributed by atoms with Crippen molar-refractivity contribution >= 4 is 100 Å². The van der Waals surface area contributed by atoms with Gasteiger partial charge in [0.1, 0.15) is 0 Å². The van der Waals surface area contributed by atoms with Crippen molar-refractivity contribution in [3.8, 4) is 56.2 Å². The van der Waals surface area contributed by atoms with Crippen molar-refractivity contribution in [1.29, 1.82) is 0 Å². The third-order valence-corrected chi connectivity index (χ3v) is 16.4. The molecule has 79 heavy (non-hydrogen) atoms. The highest BCUT2D eigenvalue weighted by atomic mass is 15.2. The van der Waals surface area contributed by atoms with E-state index in [9.17, 15) is 0 Å². The van der Waals surface area contributed by atoms with Crippen LogP contribution in [0.2, 0.25) is 0 Å². The molecule has 0 radical (unpaired) electrons. The number of aromatic nitrogens is 2. The Morgan fingerprint density at radius 3 is 1.06 bits per heavy atom. The van der Waals surface area contributed by atoms with E-state index < -0.39 is 0 Å². The number of anilines is 6. The van der Waals surface area contributed by atoms with Gasteiger partial charge in [0.05, 0.1) is 11.4 Å². The van der Waals surface area contributed by atoms with Gasteiger partial charge in [0.2, 0.25) is 0 Å². The fourth-order valence-electron chi connectivity index (χ4n) is 12.8. The van der Waals surface area contributed by atoms with Gasteiger partial charge in [0.15, 0.2) is 5.82 Å². The summed E-state index contributed by atoms with van der Waals surface area (Å²) in [7, 11) is 0. The molecule has 0 fully saturated rings. The highest BCUT2D eigenvalue weighted by Crippen LogP contribution is 2.50. The molecule has 2 aliphatic heterocycles. The van der Waals surface area contributed by atoms with Crippen LogP contribution in [-0.2, 0) is 0 Å². The number of rotatable bonds is 7. The normalized spacial score (nSPS) is 12.5. The fraction of sp³-hybridized carbons (Fsp3) is 0. The van der Waals surface area contributed by atoms with Gasteiger partial charge in [0, 0.05) is 61.6 Å². The molecular weight excluding hydrogens is 956 g/mol. The Bertz CT molecular complexity index is 4410. The SMILES string of the molecule is c1ccc(-c2ccc(N3c4cc(-c5nc(-c6ccccc6)cc(-c6ccccc6)n5)cc5c4B(c4ccc6c(ccc7ccccc76)c43)c3ccc4c(ccc6ccccc64)c3N5c3ccc(-c4ccccc4)cc3)cc2)cc1. The average Bonchev–Trinajstić information content (AvgIpc) is 3.68. The first kappa shape index (κ1) is 44.9. The summed E-state index contributed by atoms with van der Waals surface area (Å²) in [6.45, 7) is -0.146. The van der Waals surface area contributed by atoms with Gasteiger partial charge in [-0.25, -0.2) is 9.97 Å². The highest BCUT2D eigenvalue weighted by Gasteiger charge is 2.45. The van der Waals surface area contributed by atoms with Crippen LogP contribution in [-0.4, -0.2) is 16.7 Å². The molecule has 1 aromatic heterocycles. The van der Waals surface area contributed by atoms with E-state index in [1.165, 1.54) is 82.0 Å². The second-order valence-corrected chi connectivity index (χ2v) is 20.8. The summed E-state index contributed by atoms with van der Waals surface area (Å²) in [6, 6.07) is 104.